The number of thiazole rings is 1. The predicted molar refractivity (Wildman–Crippen MR) is 84.0 cm³/mol. The number of hydrogen-bond donors (Lipinski definition) is 1. The van der Waals surface area contributed by atoms with Crippen molar-refractivity contribution < 1.29 is 14.7 Å². The van der Waals surface area contributed by atoms with Gasteiger partial charge in [0.2, 0.25) is 0 Å². The Morgan fingerprint density at radius 2 is 1.91 bits per heavy atom. The van der Waals surface area contributed by atoms with E-state index in [2.05, 4.69) is 15.0 Å². The summed E-state index contributed by atoms with van der Waals surface area (Å²) >= 11 is 1.28. The molecule has 0 aromatic carbocycles. The normalized spacial score (nSPS) is 15.6. The van der Waals surface area contributed by atoms with Crippen LogP contribution in [0.4, 0.5) is 0 Å². The zero-order chi connectivity index (χ0) is 16.2. The highest BCUT2D eigenvalue weighted by Crippen LogP contribution is 2.26. The lowest BCUT2D eigenvalue weighted by molar-refractivity contribution is -0.138. The topological polar surface area (TPSA) is 96.3 Å². The van der Waals surface area contributed by atoms with Crippen LogP contribution in [-0.2, 0) is 4.79 Å². The van der Waals surface area contributed by atoms with Gasteiger partial charge in [0.15, 0.2) is 10.8 Å². The minimum absolute atomic E-state index is 0.0570. The zero-order valence-electron chi connectivity index (χ0n) is 12.4. The minimum Gasteiger partial charge on any atom is -0.481 e. The van der Waals surface area contributed by atoms with Crippen molar-refractivity contribution in [3.8, 4) is 10.8 Å². The van der Waals surface area contributed by atoms with E-state index in [1.807, 2.05) is 0 Å². The lowest BCUT2D eigenvalue weighted by Crippen LogP contribution is -2.38. The Labute approximate surface area is 137 Å². The van der Waals surface area contributed by atoms with Crippen LogP contribution in [0.15, 0.2) is 24.7 Å². The third kappa shape index (κ3) is 3.70. The zero-order valence-corrected chi connectivity index (χ0v) is 13.2. The molecule has 2 aromatic rings. The average Bonchev–Trinajstić information content (AvgIpc) is 3.05. The molecule has 2 aromatic heterocycles. The van der Waals surface area contributed by atoms with E-state index in [-0.39, 0.29) is 18.2 Å². The summed E-state index contributed by atoms with van der Waals surface area (Å²) in [5.41, 5.74) is 0. The summed E-state index contributed by atoms with van der Waals surface area (Å²) < 4.78 is 0. The Morgan fingerprint density at radius 3 is 2.57 bits per heavy atom. The van der Waals surface area contributed by atoms with Crippen molar-refractivity contribution in [1.29, 1.82) is 0 Å². The second-order valence-electron chi connectivity index (χ2n) is 5.44. The van der Waals surface area contributed by atoms with Crippen molar-refractivity contribution in [3.05, 3.63) is 29.5 Å². The molecule has 1 fully saturated rings. The molecule has 0 aliphatic carbocycles. The molecule has 1 aliphatic heterocycles. The molecule has 0 spiro atoms. The molecule has 1 amide bonds. The maximum absolute atomic E-state index is 12.5. The highest BCUT2D eigenvalue weighted by molar-refractivity contribution is 7.16. The summed E-state index contributed by atoms with van der Waals surface area (Å²) in [7, 11) is 0. The summed E-state index contributed by atoms with van der Waals surface area (Å²) in [5, 5.41) is 9.45. The number of carbonyl (C=O) groups excluding carboxylic acids is 1. The number of carboxylic acid groups (broad SMARTS) is 1. The lowest BCUT2D eigenvalue weighted by Gasteiger charge is -2.30. The molecule has 0 bridgehead atoms. The number of nitrogens with zero attached hydrogens (tertiary/aromatic N) is 4. The van der Waals surface area contributed by atoms with E-state index in [4.69, 9.17) is 5.11 Å². The molecule has 8 heteroatoms. The molecular formula is C15H16N4O3S. The first kappa shape index (κ1) is 15.5. The molecule has 23 heavy (non-hydrogen) atoms. The number of carboxylic acids is 1. The molecule has 0 atom stereocenters. The quantitative estimate of drug-likeness (QED) is 0.919. The van der Waals surface area contributed by atoms with Crippen molar-refractivity contribution >= 4 is 23.2 Å². The minimum atomic E-state index is -0.773. The third-order valence-electron chi connectivity index (χ3n) is 3.84. The Balaban J connectivity index is 1.63. The van der Waals surface area contributed by atoms with Crippen LogP contribution in [0.2, 0.25) is 0 Å². The van der Waals surface area contributed by atoms with E-state index in [9.17, 15) is 9.59 Å². The molecule has 0 unspecified atom stereocenters. The first-order chi connectivity index (χ1) is 11.1. The summed E-state index contributed by atoms with van der Waals surface area (Å²) in [4.78, 5) is 38.1. The molecule has 1 saturated heterocycles. The first-order valence-electron chi connectivity index (χ1n) is 7.38. The van der Waals surface area contributed by atoms with Crippen molar-refractivity contribution in [2.75, 3.05) is 13.1 Å². The Hall–Kier alpha value is -2.35. The number of hydrogen-bond acceptors (Lipinski definition) is 6. The third-order valence-corrected chi connectivity index (χ3v) is 4.82. The van der Waals surface area contributed by atoms with Gasteiger partial charge in [-0.25, -0.2) is 15.0 Å². The molecule has 3 rings (SSSR count). The fourth-order valence-electron chi connectivity index (χ4n) is 2.63. The van der Waals surface area contributed by atoms with E-state index < -0.39 is 5.97 Å². The molecule has 0 radical (unpaired) electrons. The van der Waals surface area contributed by atoms with Crippen LogP contribution in [0, 0.1) is 5.92 Å². The molecule has 0 saturated carbocycles. The van der Waals surface area contributed by atoms with Gasteiger partial charge >= 0.3 is 5.97 Å². The van der Waals surface area contributed by atoms with Gasteiger partial charge in [-0.3, -0.25) is 9.59 Å². The van der Waals surface area contributed by atoms with Gasteiger partial charge in [0.25, 0.3) is 5.91 Å². The smallest absolute Gasteiger partial charge is 0.303 e. The summed E-state index contributed by atoms with van der Waals surface area (Å²) in [6.07, 6.45) is 6.47. The molecular weight excluding hydrogens is 316 g/mol. The van der Waals surface area contributed by atoms with Crippen LogP contribution in [0.3, 0.4) is 0 Å². The fourth-order valence-corrected chi connectivity index (χ4v) is 3.46. The van der Waals surface area contributed by atoms with Gasteiger partial charge in [-0.05, 0) is 24.8 Å². The molecule has 3 heterocycles. The standard InChI is InChI=1S/C15H16N4O3S/c20-12(21)8-10-2-6-19(7-3-10)15(22)11-9-18-14(23-11)13-16-4-1-5-17-13/h1,4-5,9-10H,2-3,6-8H2,(H,20,21). The van der Waals surface area contributed by atoms with Crippen LogP contribution in [0.1, 0.15) is 28.9 Å². The van der Waals surface area contributed by atoms with Crippen LogP contribution < -0.4 is 0 Å². The lowest BCUT2D eigenvalue weighted by atomic mass is 9.93. The van der Waals surface area contributed by atoms with Crippen LogP contribution in [0.25, 0.3) is 10.8 Å². The van der Waals surface area contributed by atoms with Gasteiger partial charge in [0, 0.05) is 31.9 Å². The number of carbonyl (C=O) groups is 2. The van der Waals surface area contributed by atoms with E-state index in [0.717, 1.165) is 12.8 Å². The van der Waals surface area contributed by atoms with Gasteiger partial charge in [-0.2, -0.15) is 0 Å². The molecule has 1 aliphatic rings. The second kappa shape index (κ2) is 6.82. The fraction of sp³-hybridized carbons (Fsp3) is 0.400. The summed E-state index contributed by atoms with van der Waals surface area (Å²) in [5.74, 6) is -0.161. The van der Waals surface area contributed by atoms with Gasteiger partial charge in [0.05, 0.1) is 6.20 Å². The molecule has 1 N–H and O–H groups in total. The number of piperidine rings is 1. The number of aliphatic carboxylic acids is 1. The summed E-state index contributed by atoms with van der Waals surface area (Å²) in [6.45, 7) is 1.18. The van der Waals surface area contributed by atoms with E-state index in [1.165, 1.54) is 11.3 Å². The molecule has 120 valence electrons. The number of likely N-dealkylation sites (tertiary alicyclic amines) is 1. The largest absolute Gasteiger partial charge is 0.481 e. The number of rotatable bonds is 4. The van der Waals surface area contributed by atoms with Crippen LogP contribution >= 0.6 is 11.3 Å². The van der Waals surface area contributed by atoms with Gasteiger partial charge in [-0.15, -0.1) is 11.3 Å². The maximum atomic E-state index is 12.5. The summed E-state index contributed by atoms with van der Waals surface area (Å²) in [6, 6.07) is 1.73. The van der Waals surface area contributed by atoms with E-state index in [1.54, 1.807) is 29.6 Å². The average molecular weight is 332 g/mol. The SMILES string of the molecule is O=C(O)CC1CCN(C(=O)c2cnc(-c3ncccn3)s2)CC1. The van der Waals surface area contributed by atoms with Gasteiger partial charge < -0.3 is 10.0 Å². The highest BCUT2D eigenvalue weighted by Gasteiger charge is 2.26. The molecule has 7 nitrogen and oxygen atoms in total. The Morgan fingerprint density at radius 1 is 1.22 bits per heavy atom. The van der Waals surface area contributed by atoms with Crippen molar-refractivity contribution in [3.63, 3.8) is 0 Å². The number of aromatic nitrogens is 3. The van der Waals surface area contributed by atoms with Gasteiger partial charge in [-0.1, -0.05) is 0 Å². The maximum Gasteiger partial charge on any atom is 0.303 e. The van der Waals surface area contributed by atoms with Gasteiger partial charge in [0.1, 0.15) is 4.88 Å². The monoisotopic (exact) mass is 332 g/mol. The van der Waals surface area contributed by atoms with Crippen molar-refractivity contribution in [1.82, 2.24) is 19.9 Å². The highest BCUT2D eigenvalue weighted by atomic mass is 32.1. The second-order valence-corrected chi connectivity index (χ2v) is 6.47. The van der Waals surface area contributed by atoms with E-state index >= 15 is 0 Å². The number of amides is 1. The predicted octanol–water partition coefficient (Wildman–Crippen LogP) is 1.93. The van der Waals surface area contributed by atoms with Crippen molar-refractivity contribution in [2.24, 2.45) is 5.92 Å². The first-order valence-corrected chi connectivity index (χ1v) is 8.19. The van der Waals surface area contributed by atoms with Crippen LogP contribution in [0.5, 0.6) is 0 Å². The van der Waals surface area contributed by atoms with Crippen LogP contribution in [-0.4, -0.2) is 49.9 Å². The van der Waals surface area contributed by atoms with Crippen molar-refractivity contribution in [2.45, 2.75) is 19.3 Å². The Kier molecular flexibility index (Phi) is 4.61. The van der Waals surface area contributed by atoms with E-state index in [0.29, 0.717) is 28.8 Å². The Bertz CT molecular complexity index is 696.